The zero-order valence-electron chi connectivity index (χ0n) is 11.1. The van der Waals surface area contributed by atoms with E-state index in [4.69, 9.17) is 10.5 Å². The highest BCUT2D eigenvalue weighted by Gasteiger charge is 2.15. The Bertz CT molecular complexity index is 401. The van der Waals surface area contributed by atoms with Crippen molar-refractivity contribution in [1.82, 2.24) is 9.97 Å². The van der Waals surface area contributed by atoms with Crippen LogP contribution in [0.1, 0.15) is 33.6 Å². The zero-order chi connectivity index (χ0) is 13.6. The molecule has 1 aromatic heterocycles. The summed E-state index contributed by atoms with van der Waals surface area (Å²) in [6.07, 6.45) is 4.04. The molecule has 0 atom stereocenters. The molecule has 0 fully saturated rings. The van der Waals surface area contributed by atoms with Gasteiger partial charge in [-0.25, -0.2) is 9.97 Å². The van der Waals surface area contributed by atoms with E-state index in [1.807, 2.05) is 20.8 Å². The maximum Gasteiger partial charge on any atom is 0.306 e. The topological polar surface area (TPSA) is 90.1 Å². The number of rotatable bonds is 5. The van der Waals surface area contributed by atoms with E-state index in [2.05, 4.69) is 15.3 Å². The number of nitrogens with two attached hydrogens (primary N) is 1. The zero-order valence-corrected chi connectivity index (χ0v) is 11.1. The normalized spacial score (nSPS) is 11.1. The molecule has 0 spiro atoms. The molecule has 1 heterocycles. The van der Waals surface area contributed by atoms with Crippen molar-refractivity contribution in [2.75, 3.05) is 17.6 Å². The molecule has 0 aliphatic rings. The van der Waals surface area contributed by atoms with Crippen LogP contribution in [-0.4, -0.2) is 28.1 Å². The molecule has 3 N–H and O–H groups in total. The minimum absolute atomic E-state index is 0.193. The number of aromatic nitrogens is 2. The standard InChI is InChI=1S/C12H20N4O2/c1-12(2,3)18-10(17)5-4-6-15-9-7-14-8-16-11(9)13/h7-8,15H,4-6H2,1-3H3,(H2,13,14,16). The molecule has 6 heteroatoms. The molecule has 0 saturated heterocycles. The largest absolute Gasteiger partial charge is 0.460 e. The SMILES string of the molecule is CC(C)(C)OC(=O)CCCNc1cncnc1N. The maximum atomic E-state index is 11.4. The summed E-state index contributed by atoms with van der Waals surface area (Å²) in [5.41, 5.74) is 5.89. The van der Waals surface area contributed by atoms with E-state index >= 15 is 0 Å². The van der Waals surface area contributed by atoms with Gasteiger partial charge in [0.2, 0.25) is 0 Å². The third-order valence-corrected chi connectivity index (χ3v) is 2.04. The number of carbonyl (C=O) groups excluding carboxylic acids is 1. The second-order valence-corrected chi connectivity index (χ2v) is 4.94. The summed E-state index contributed by atoms with van der Waals surface area (Å²) in [5, 5.41) is 3.07. The number of hydrogen-bond acceptors (Lipinski definition) is 6. The number of nitrogens with zero attached hydrogens (tertiary/aromatic N) is 2. The van der Waals surface area contributed by atoms with Crippen molar-refractivity contribution in [2.45, 2.75) is 39.2 Å². The molecule has 0 saturated carbocycles. The second kappa shape index (κ2) is 6.18. The van der Waals surface area contributed by atoms with Crippen LogP contribution >= 0.6 is 0 Å². The Labute approximate surface area is 107 Å². The molecule has 0 bridgehead atoms. The van der Waals surface area contributed by atoms with Gasteiger partial charge in [0.05, 0.1) is 11.9 Å². The summed E-state index contributed by atoms with van der Waals surface area (Å²) in [6, 6.07) is 0. The highest BCUT2D eigenvalue weighted by Crippen LogP contribution is 2.12. The molecule has 0 unspecified atom stereocenters. The minimum atomic E-state index is -0.428. The van der Waals surface area contributed by atoms with Crippen LogP contribution in [0.15, 0.2) is 12.5 Å². The smallest absolute Gasteiger partial charge is 0.306 e. The van der Waals surface area contributed by atoms with Crippen LogP contribution < -0.4 is 11.1 Å². The van der Waals surface area contributed by atoms with E-state index in [1.54, 1.807) is 6.20 Å². The molecule has 0 aliphatic carbocycles. The molecule has 0 amide bonds. The summed E-state index contributed by atoms with van der Waals surface area (Å²) < 4.78 is 5.20. The first-order valence-electron chi connectivity index (χ1n) is 5.90. The lowest BCUT2D eigenvalue weighted by Crippen LogP contribution is -2.24. The fourth-order valence-electron chi connectivity index (χ4n) is 1.32. The Morgan fingerprint density at radius 1 is 1.50 bits per heavy atom. The van der Waals surface area contributed by atoms with Crippen molar-refractivity contribution in [3.8, 4) is 0 Å². The van der Waals surface area contributed by atoms with Crippen LogP contribution in [0.25, 0.3) is 0 Å². The van der Waals surface area contributed by atoms with E-state index in [9.17, 15) is 4.79 Å². The van der Waals surface area contributed by atoms with Crippen molar-refractivity contribution < 1.29 is 9.53 Å². The van der Waals surface area contributed by atoms with Gasteiger partial charge in [-0.05, 0) is 27.2 Å². The average Bonchev–Trinajstić information content (AvgIpc) is 2.24. The molecule has 6 nitrogen and oxygen atoms in total. The number of nitrogen functional groups attached to an aromatic ring is 1. The average molecular weight is 252 g/mol. The van der Waals surface area contributed by atoms with Gasteiger partial charge in [-0.1, -0.05) is 0 Å². The van der Waals surface area contributed by atoms with E-state index in [1.165, 1.54) is 6.33 Å². The van der Waals surface area contributed by atoms with E-state index in [0.29, 0.717) is 30.9 Å². The Morgan fingerprint density at radius 3 is 2.83 bits per heavy atom. The van der Waals surface area contributed by atoms with Crippen LogP contribution in [0.5, 0.6) is 0 Å². The summed E-state index contributed by atoms with van der Waals surface area (Å²) in [4.78, 5) is 19.2. The molecule has 0 aliphatic heterocycles. The van der Waals surface area contributed by atoms with Crippen molar-refractivity contribution in [1.29, 1.82) is 0 Å². The predicted octanol–water partition coefficient (Wildman–Crippen LogP) is 1.59. The molecule has 1 rings (SSSR count). The summed E-state index contributed by atoms with van der Waals surface area (Å²) in [6.45, 7) is 6.18. The van der Waals surface area contributed by atoms with Crippen LogP contribution in [-0.2, 0) is 9.53 Å². The predicted molar refractivity (Wildman–Crippen MR) is 70.0 cm³/mol. The molecular weight excluding hydrogens is 232 g/mol. The third-order valence-electron chi connectivity index (χ3n) is 2.04. The van der Waals surface area contributed by atoms with E-state index in [-0.39, 0.29) is 5.97 Å². The van der Waals surface area contributed by atoms with Gasteiger partial charge in [-0.15, -0.1) is 0 Å². The Morgan fingerprint density at radius 2 is 2.22 bits per heavy atom. The Hall–Kier alpha value is -1.85. The highest BCUT2D eigenvalue weighted by atomic mass is 16.6. The lowest BCUT2D eigenvalue weighted by Gasteiger charge is -2.19. The summed E-state index contributed by atoms with van der Waals surface area (Å²) in [7, 11) is 0. The number of esters is 1. The second-order valence-electron chi connectivity index (χ2n) is 4.94. The first-order valence-corrected chi connectivity index (χ1v) is 5.90. The fraction of sp³-hybridized carbons (Fsp3) is 0.583. The number of hydrogen-bond donors (Lipinski definition) is 2. The van der Waals surface area contributed by atoms with Gasteiger partial charge in [0, 0.05) is 13.0 Å². The first-order chi connectivity index (χ1) is 8.38. The van der Waals surface area contributed by atoms with Gasteiger partial charge in [0.1, 0.15) is 17.7 Å². The first kappa shape index (κ1) is 14.2. The number of carbonyl (C=O) groups is 1. The fourth-order valence-corrected chi connectivity index (χ4v) is 1.32. The van der Waals surface area contributed by atoms with Gasteiger partial charge in [-0.3, -0.25) is 4.79 Å². The molecule has 0 aromatic carbocycles. The van der Waals surface area contributed by atoms with Gasteiger partial charge >= 0.3 is 5.97 Å². The summed E-state index contributed by atoms with van der Waals surface area (Å²) in [5.74, 6) is 0.212. The quantitative estimate of drug-likeness (QED) is 0.611. The van der Waals surface area contributed by atoms with Crippen molar-refractivity contribution >= 4 is 17.5 Å². The maximum absolute atomic E-state index is 11.4. The van der Waals surface area contributed by atoms with Gasteiger partial charge < -0.3 is 15.8 Å². The third kappa shape index (κ3) is 5.47. The van der Waals surface area contributed by atoms with Gasteiger partial charge in [0.25, 0.3) is 0 Å². The van der Waals surface area contributed by atoms with Gasteiger partial charge in [0.15, 0.2) is 0 Å². The van der Waals surface area contributed by atoms with Crippen molar-refractivity contribution in [2.24, 2.45) is 0 Å². The van der Waals surface area contributed by atoms with E-state index < -0.39 is 5.60 Å². The molecule has 100 valence electrons. The molecular formula is C12H20N4O2. The molecule has 1 aromatic rings. The number of nitrogens with one attached hydrogen (secondary N) is 1. The van der Waals surface area contributed by atoms with E-state index in [0.717, 1.165) is 0 Å². The van der Waals surface area contributed by atoms with Crippen LogP contribution in [0.3, 0.4) is 0 Å². The lowest BCUT2D eigenvalue weighted by molar-refractivity contribution is -0.154. The molecule has 18 heavy (non-hydrogen) atoms. The summed E-state index contributed by atoms with van der Waals surface area (Å²) >= 11 is 0. The lowest BCUT2D eigenvalue weighted by atomic mass is 10.2. The van der Waals surface area contributed by atoms with Crippen molar-refractivity contribution in [3.05, 3.63) is 12.5 Å². The van der Waals surface area contributed by atoms with Crippen LogP contribution in [0.2, 0.25) is 0 Å². The van der Waals surface area contributed by atoms with Crippen LogP contribution in [0.4, 0.5) is 11.5 Å². The molecule has 0 radical (unpaired) electrons. The number of anilines is 2. The monoisotopic (exact) mass is 252 g/mol. The highest BCUT2D eigenvalue weighted by molar-refractivity contribution is 5.69. The minimum Gasteiger partial charge on any atom is -0.460 e. The number of ether oxygens (including phenoxy) is 1. The van der Waals surface area contributed by atoms with Crippen LogP contribution in [0, 0.1) is 0 Å². The van der Waals surface area contributed by atoms with Gasteiger partial charge in [-0.2, -0.15) is 0 Å². The Balaban J connectivity index is 2.23. The van der Waals surface area contributed by atoms with Crippen molar-refractivity contribution in [3.63, 3.8) is 0 Å². The Kier molecular flexibility index (Phi) is 4.88.